The van der Waals surface area contributed by atoms with Gasteiger partial charge in [-0.05, 0) is 55.2 Å². The van der Waals surface area contributed by atoms with Gasteiger partial charge >= 0.3 is 0 Å². The maximum Gasteiger partial charge on any atom is 0.226 e. The first kappa shape index (κ1) is 26.7. The highest BCUT2D eigenvalue weighted by atomic mass is 19.1. The molecule has 1 saturated heterocycles. The molecule has 2 aliphatic rings. The summed E-state index contributed by atoms with van der Waals surface area (Å²) in [7, 11) is 0. The molecule has 0 saturated carbocycles. The summed E-state index contributed by atoms with van der Waals surface area (Å²) in [6, 6.07) is 11.8. The molecule has 3 atom stereocenters. The number of alkyl halides is 1. The molecule has 2 aliphatic heterocycles. The Morgan fingerprint density at radius 2 is 1.97 bits per heavy atom. The van der Waals surface area contributed by atoms with Gasteiger partial charge in [0.2, 0.25) is 6.35 Å². The topological polar surface area (TPSA) is 105 Å². The summed E-state index contributed by atoms with van der Waals surface area (Å²) in [5.41, 5.74) is 5.10. The van der Waals surface area contributed by atoms with Crippen molar-refractivity contribution >= 4 is 35.3 Å². The van der Waals surface area contributed by atoms with Crippen LogP contribution in [0.3, 0.4) is 0 Å². The van der Waals surface area contributed by atoms with Crippen LogP contribution in [0.1, 0.15) is 37.1 Å². The van der Waals surface area contributed by atoms with Gasteiger partial charge in [0.05, 0.1) is 18.0 Å². The van der Waals surface area contributed by atoms with Gasteiger partial charge in [0.15, 0.2) is 5.82 Å². The molecule has 5 rings (SSSR count). The number of rotatable bonds is 8. The average Bonchev–Trinajstić information content (AvgIpc) is 2.91. The van der Waals surface area contributed by atoms with E-state index in [0.717, 1.165) is 34.0 Å². The van der Waals surface area contributed by atoms with Crippen molar-refractivity contribution in [2.45, 2.75) is 52.7 Å². The van der Waals surface area contributed by atoms with E-state index in [1.54, 1.807) is 6.21 Å². The molecule has 3 N–H and O–H groups in total. The van der Waals surface area contributed by atoms with Gasteiger partial charge < -0.3 is 25.4 Å². The fourth-order valence-electron chi connectivity index (χ4n) is 4.37. The van der Waals surface area contributed by atoms with Crippen molar-refractivity contribution in [2.24, 2.45) is 15.9 Å². The number of ether oxygens (including phenoxy) is 2. The quantitative estimate of drug-likeness (QED) is 0.314. The number of piperidine rings is 1. The third-order valence-corrected chi connectivity index (χ3v) is 6.41. The largest absolute Gasteiger partial charge is 0.457 e. The number of benzene rings is 2. The van der Waals surface area contributed by atoms with Crippen molar-refractivity contribution in [1.82, 2.24) is 15.3 Å². The van der Waals surface area contributed by atoms with Crippen molar-refractivity contribution in [3.8, 4) is 11.5 Å². The van der Waals surface area contributed by atoms with Gasteiger partial charge in [0, 0.05) is 37.5 Å². The molecule has 9 nitrogen and oxygen atoms in total. The highest BCUT2D eigenvalue weighted by Crippen LogP contribution is 2.33. The van der Waals surface area contributed by atoms with Crippen LogP contribution in [0.4, 0.5) is 27.3 Å². The number of nitrogens with zero attached hydrogens (tertiary/aromatic N) is 4. The maximum atomic E-state index is 13.8. The molecule has 3 aromatic rings. The summed E-state index contributed by atoms with van der Waals surface area (Å²) in [5, 5.41) is 9.64. The highest BCUT2D eigenvalue weighted by Gasteiger charge is 2.27. The molecule has 0 radical (unpaired) electrons. The minimum atomic E-state index is -0.925. The molecule has 0 spiro atoms. The molecular formula is C29H34FN7O2. The van der Waals surface area contributed by atoms with Crippen LogP contribution >= 0.6 is 0 Å². The average molecular weight is 532 g/mol. The number of hydrogen-bond donors (Lipinski definition) is 3. The minimum absolute atomic E-state index is 0.271. The van der Waals surface area contributed by atoms with Crippen molar-refractivity contribution in [3.05, 3.63) is 59.5 Å². The number of aryl methyl sites for hydroxylation is 2. The van der Waals surface area contributed by atoms with E-state index in [0.29, 0.717) is 42.6 Å². The number of hydrogen-bond acceptors (Lipinski definition) is 9. The van der Waals surface area contributed by atoms with Crippen LogP contribution in [0.25, 0.3) is 0 Å². The van der Waals surface area contributed by atoms with Crippen molar-refractivity contribution in [3.63, 3.8) is 0 Å². The molecule has 3 unspecified atom stereocenters. The summed E-state index contributed by atoms with van der Waals surface area (Å²) >= 11 is 0. The molecule has 204 valence electrons. The summed E-state index contributed by atoms with van der Waals surface area (Å²) in [6.45, 7) is 9.17. The second-order valence-electron chi connectivity index (χ2n) is 10.2. The third kappa shape index (κ3) is 6.76. The highest BCUT2D eigenvalue weighted by molar-refractivity contribution is 5.92. The van der Waals surface area contributed by atoms with Gasteiger partial charge in [0.25, 0.3) is 0 Å². The molecule has 39 heavy (non-hydrogen) atoms. The van der Waals surface area contributed by atoms with Gasteiger partial charge in [0.1, 0.15) is 35.4 Å². The Hall–Kier alpha value is -3.89. The second kappa shape index (κ2) is 11.9. The molecule has 2 aromatic carbocycles. The van der Waals surface area contributed by atoms with E-state index < -0.39 is 12.5 Å². The number of nitrogens with one attached hydrogen (secondary N) is 3. The Morgan fingerprint density at radius 3 is 2.77 bits per heavy atom. The lowest BCUT2D eigenvalue weighted by molar-refractivity contribution is -0.0202. The van der Waals surface area contributed by atoms with Crippen LogP contribution < -0.4 is 20.7 Å². The van der Waals surface area contributed by atoms with Crippen LogP contribution in [0.5, 0.6) is 11.5 Å². The monoisotopic (exact) mass is 531 g/mol. The summed E-state index contributed by atoms with van der Waals surface area (Å²) in [4.78, 5) is 17.7. The Balaban J connectivity index is 1.28. The minimum Gasteiger partial charge on any atom is -0.457 e. The van der Waals surface area contributed by atoms with E-state index in [9.17, 15) is 4.39 Å². The van der Waals surface area contributed by atoms with Gasteiger partial charge in [-0.1, -0.05) is 19.9 Å². The zero-order valence-electron chi connectivity index (χ0n) is 22.6. The summed E-state index contributed by atoms with van der Waals surface area (Å²) < 4.78 is 25.9. The molecule has 0 bridgehead atoms. The third-order valence-electron chi connectivity index (χ3n) is 6.41. The van der Waals surface area contributed by atoms with Crippen molar-refractivity contribution < 1.29 is 13.9 Å². The Morgan fingerprint density at radius 1 is 1.10 bits per heavy atom. The Kier molecular flexibility index (Phi) is 8.13. The second-order valence-corrected chi connectivity index (χ2v) is 10.2. The molecule has 10 heteroatoms. The summed E-state index contributed by atoms with van der Waals surface area (Å²) in [5.74, 6) is 2.44. The van der Waals surface area contributed by atoms with Crippen molar-refractivity contribution in [2.75, 3.05) is 23.7 Å². The predicted octanol–water partition coefficient (Wildman–Crippen LogP) is 5.83. The molecule has 0 aliphatic carbocycles. The number of aliphatic imine (C=N–C) groups is 2. The van der Waals surface area contributed by atoms with E-state index in [2.05, 4.69) is 49.8 Å². The fourth-order valence-corrected chi connectivity index (χ4v) is 4.37. The Labute approximate surface area is 228 Å². The molecule has 1 aromatic heterocycles. The van der Waals surface area contributed by atoms with Crippen molar-refractivity contribution in [1.29, 1.82) is 0 Å². The van der Waals surface area contributed by atoms with E-state index >= 15 is 0 Å². The van der Waals surface area contributed by atoms with Crippen LogP contribution in [0, 0.1) is 19.8 Å². The maximum absolute atomic E-state index is 13.8. The van der Waals surface area contributed by atoms with Gasteiger partial charge in [-0.2, -0.15) is 0 Å². The van der Waals surface area contributed by atoms with E-state index in [1.807, 2.05) is 56.5 Å². The lowest BCUT2D eigenvalue weighted by Gasteiger charge is -2.30. The van der Waals surface area contributed by atoms with Gasteiger partial charge in [-0.15, -0.1) is 0 Å². The van der Waals surface area contributed by atoms with Crippen LogP contribution in [0.15, 0.2) is 52.7 Å². The normalized spacial score (nSPS) is 20.6. The smallest absolute Gasteiger partial charge is 0.226 e. The molecule has 1 fully saturated rings. The van der Waals surface area contributed by atoms with E-state index in [-0.39, 0.29) is 6.10 Å². The zero-order chi connectivity index (χ0) is 27.4. The van der Waals surface area contributed by atoms with Crippen LogP contribution in [0.2, 0.25) is 0 Å². The first-order valence-corrected chi connectivity index (χ1v) is 13.2. The SMILES string of the molecule is Cc1ccc(Oc2ccc(Nc3ncnc4c3NC(OC3CNCC(F)C3)N=C4)cc2C)cc1N=CC(C)C. The number of fused-ring (bicyclic) bond motifs is 1. The van der Waals surface area contributed by atoms with Gasteiger partial charge in [-0.3, -0.25) is 4.99 Å². The lowest BCUT2D eigenvalue weighted by atomic mass is 10.1. The fraction of sp³-hybridized carbons (Fsp3) is 0.379. The first-order valence-electron chi connectivity index (χ1n) is 13.2. The van der Waals surface area contributed by atoms with E-state index in [1.165, 1.54) is 6.33 Å². The number of anilines is 3. The summed E-state index contributed by atoms with van der Waals surface area (Å²) in [6.07, 6.45) is 3.56. The molecule has 3 heterocycles. The Bertz CT molecular complexity index is 1380. The number of halogens is 1. The molecular weight excluding hydrogens is 497 g/mol. The van der Waals surface area contributed by atoms with Gasteiger partial charge in [-0.25, -0.2) is 19.4 Å². The van der Waals surface area contributed by atoms with Crippen LogP contribution in [-0.4, -0.2) is 54.1 Å². The number of aromatic nitrogens is 2. The first-order chi connectivity index (χ1) is 18.8. The van der Waals surface area contributed by atoms with Crippen LogP contribution in [-0.2, 0) is 4.74 Å². The lowest BCUT2D eigenvalue weighted by Crippen LogP contribution is -2.44. The molecule has 0 amide bonds. The standard InChI is InChI=1S/C29H34FN7O2/c1-17(2)12-32-24-11-22(7-5-18(24)3)38-26-8-6-21(9-19(26)4)36-28-27-25(34-16-35-28)15-33-29(37-27)39-23-10-20(30)13-31-14-23/h5-9,11-12,15-17,20,23,29,31,37H,10,13-14H2,1-4H3,(H,34,35,36). The predicted molar refractivity (Wildman–Crippen MR) is 153 cm³/mol. The zero-order valence-corrected chi connectivity index (χ0v) is 22.6. The van der Waals surface area contributed by atoms with E-state index in [4.69, 9.17) is 9.47 Å².